The van der Waals surface area contributed by atoms with Crippen LogP contribution in [-0.4, -0.2) is 18.5 Å². The van der Waals surface area contributed by atoms with Gasteiger partial charge in [-0.25, -0.2) is 0 Å². The third-order valence-electron chi connectivity index (χ3n) is 3.31. The molecule has 0 radical (unpaired) electrons. The number of carbonyl (C=O) groups is 2. The Morgan fingerprint density at radius 2 is 1.75 bits per heavy atom. The molecule has 0 bridgehead atoms. The summed E-state index contributed by atoms with van der Waals surface area (Å²) in [5, 5.41) is 13.1. The van der Waals surface area contributed by atoms with Crippen molar-refractivity contribution in [3.8, 4) is 5.75 Å². The van der Waals surface area contributed by atoms with Crippen molar-refractivity contribution in [3.05, 3.63) is 65.7 Å². The van der Waals surface area contributed by atoms with Crippen LogP contribution in [0.1, 0.15) is 18.1 Å². The highest BCUT2D eigenvalue weighted by Gasteiger charge is 2.04. The molecule has 0 aromatic heterocycles. The molecular weight excluding hydrogens is 306 g/mol. The highest BCUT2D eigenvalue weighted by molar-refractivity contribution is 5.91. The average Bonchev–Trinajstić information content (AvgIpc) is 2.59. The molecule has 0 atom stereocenters. The van der Waals surface area contributed by atoms with E-state index in [1.165, 1.54) is 11.6 Å². The Morgan fingerprint density at radius 1 is 1.08 bits per heavy atom. The first kappa shape index (κ1) is 17.3. The van der Waals surface area contributed by atoms with Crippen LogP contribution in [0.5, 0.6) is 5.75 Å². The highest BCUT2D eigenvalue weighted by atomic mass is 16.5. The van der Waals surface area contributed by atoms with Crippen LogP contribution in [0.4, 0.5) is 5.69 Å². The van der Waals surface area contributed by atoms with Crippen molar-refractivity contribution in [2.75, 3.05) is 11.9 Å². The molecule has 1 N–H and O–H groups in total. The first-order chi connectivity index (χ1) is 11.6. The third-order valence-corrected chi connectivity index (χ3v) is 3.31. The topological polar surface area (TPSA) is 78.5 Å². The summed E-state index contributed by atoms with van der Waals surface area (Å²) >= 11 is 0. The van der Waals surface area contributed by atoms with Gasteiger partial charge in [-0.05, 0) is 47.9 Å². The van der Waals surface area contributed by atoms with Crippen LogP contribution < -0.4 is 15.2 Å². The number of carboxylic acid groups (broad SMARTS) is 1. The van der Waals surface area contributed by atoms with Gasteiger partial charge in [0.05, 0.1) is 5.97 Å². The van der Waals surface area contributed by atoms with Crippen LogP contribution in [0, 0.1) is 0 Å². The quantitative estimate of drug-likeness (QED) is 0.791. The molecule has 0 saturated carbocycles. The zero-order valence-electron chi connectivity index (χ0n) is 13.3. The monoisotopic (exact) mass is 324 g/mol. The number of carbonyl (C=O) groups excluding carboxylic acids is 2. The summed E-state index contributed by atoms with van der Waals surface area (Å²) < 4.78 is 5.40. The van der Waals surface area contributed by atoms with Crippen LogP contribution in [-0.2, 0) is 16.0 Å². The van der Waals surface area contributed by atoms with Gasteiger partial charge in [-0.1, -0.05) is 37.3 Å². The van der Waals surface area contributed by atoms with E-state index in [-0.39, 0.29) is 12.5 Å². The first-order valence-electron chi connectivity index (χ1n) is 7.57. The molecule has 0 fully saturated rings. The lowest BCUT2D eigenvalue weighted by Crippen LogP contribution is -2.20. The minimum Gasteiger partial charge on any atom is -0.545 e. The van der Waals surface area contributed by atoms with Gasteiger partial charge in [-0.3, -0.25) is 4.79 Å². The number of benzene rings is 2. The molecule has 2 aromatic rings. The lowest BCUT2D eigenvalue weighted by atomic mass is 10.1. The molecule has 5 nitrogen and oxygen atoms in total. The molecule has 0 aliphatic heterocycles. The van der Waals surface area contributed by atoms with Crippen molar-refractivity contribution in [1.29, 1.82) is 0 Å². The molecule has 1 amide bonds. The Labute approximate surface area is 140 Å². The summed E-state index contributed by atoms with van der Waals surface area (Å²) in [6, 6.07) is 14.4. The summed E-state index contributed by atoms with van der Waals surface area (Å²) in [7, 11) is 0. The maximum Gasteiger partial charge on any atom is 0.262 e. The standard InChI is InChI=1S/C19H19NO4/c1-2-14-3-8-16(9-4-14)20-18(21)13-24-17-10-5-15(6-11-17)7-12-19(22)23/h3-12H,2,13H2,1H3,(H,20,21)(H,22,23)/p-1/b12-7+. The van der Waals surface area contributed by atoms with Crippen molar-refractivity contribution in [2.45, 2.75) is 13.3 Å². The predicted octanol–water partition coefficient (Wildman–Crippen LogP) is 2.03. The van der Waals surface area contributed by atoms with Gasteiger partial charge in [0, 0.05) is 5.69 Å². The molecule has 124 valence electrons. The number of aliphatic carboxylic acids is 1. The van der Waals surface area contributed by atoms with Gasteiger partial charge < -0.3 is 20.0 Å². The predicted molar refractivity (Wildman–Crippen MR) is 90.4 cm³/mol. The molecule has 24 heavy (non-hydrogen) atoms. The Bertz CT molecular complexity index is 718. The molecule has 0 heterocycles. The van der Waals surface area contributed by atoms with Gasteiger partial charge in [-0.15, -0.1) is 0 Å². The Kier molecular flexibility index (Phi) is 6.14. The average molecular weight is 324 g/mol. The first-order valence-corrected chi connectivity index (χ1v) is 7.57. The van der Waals surface area contributed by atoms with Crippen LogP contribution in [0.3, 0.4) is 0 Å². The summed E-state index contributed by atoms with van der Waals surface area (Å²) in [6.07, 6.45) is 3.32. The Morgan fingerprint density at radius 3 is 2.33 bits per heavy atom. The van der Waals surface area contributed by atoms with Crippen molar-refractivity contribution < 1.29 is 19.4 Å². The summed E-state index contributed by atoms with van der Waals surface area (Å²) in [5.41, 5.74) is 2.63. The summed E-state index contributed by atoms with van der Waals surface area (Å²) in [4.78, 5) is 22.2. The Hall–Kier alpha value is -3.08. The summed E-state index contributed by atoms with van der Waals surface area (Å²) in [5.74, 6) is -0.976. The van der Waals surface area contributed by atoms with E-state index in [9.17, 15) is 14.7 Å². The fourth-order valence-corrected chi connectivity index (χ4v) is 2.01. The summed E-state index contributed by atoms with van der Waals surface area (Å²) in [6.45, 7) is 1.96. The van der Waals surface area contributed by atoms with Crippen molar-refractivity contribution in [1.82, 2.24) is 0 Å². The molecule has 0 saturated heterocycles. The maximum absolute atomic E-state index is 11.9. The van der Waals surface area contributed by atoms with E-state index in [2.05, 4.69) is 12.2 Å². The fourth-order valence-electron chi connectivity index (χ4n) is 2.01. The molecular formula is C19H18NO4-. The number of amides is 1. The number of rotatable bonds is 7. The van der Waals surface area contributed by atoms with E-state index in [0.717, 1.165) is 18.2 Å². The molecule has 0 unspecified atom stereocenters. The van der Waals surface area contributed by atoms with Gasteiger partial charge >= 0.3 is 0 Å². The number of aryl methyl sites for hydroxylation is 1. The fraction of sp³-hybridized carbons (Fsp3) is 0.158. The van der Waals surface area contributed by atoms with E-state index in [0.29, 0.717) is 11.3 Å². The van der Waals surface area contributed by atoms with E-state index in [4.69, 9.17) is 4.74 Å². The number of hydrogen-bond acceptors (Lipinski definition) is 4. The second-order valence-electron chi connectivity index (χ2n) is 5.11. The number of carboxylic acids is 1. The number of ether oxygens (including phenoxy) is 1. The highest BCUT2D eigenvalue weighted by Crippen LogP contribution is 2.14. The van der Waals surface area contributed by atoms with Crippen LogP contribution in [0.15, 0.2) is 54.6 Å². The van der Waals surface area contributed by atoms with Gasteiger partial charge in [0.1, 0.15) is 5.75 Å². The number of anilines is 1. The molecule has 5 heteroatoms. The molecule has 0 aliphatic carbocycles. The number of hydrogen-bond donors (Lipinski definition) is 1. The Balaban J connectivity index is 1.83. The third kappa shape index (κ3) is 5.61. The van der Waals surface area contributed by atoms with Gasteiger partial charge in [0.25, 0.3) is 5.91 Å². The van der Waals surface area contributed by atoms with E-state index in [1.54, 1.807) is 24.3 Å². The second-order valence-corrected chi connectivity index (χ2v) is 5.11. The van der Waals surface area contributed by atoms with Crippen LogP contribution in [0.25, 0.3) is 6.08 Å². The zero-order chi connectivity index (χ0) is 17.4. The van der Waals surface area contributed by atoms with Crippen molar-refractivity contribution >= 4 is 23.6 Å². The zero-order valence-corrected chi connectivity index (χ0v) is 13.3. The minimum absolute atomic E-state index is 0.107. The largest absolute Gasteiger partial charge is 0.545 e. The van der Waals surface area contributed by atoms with Crippen LogP contribution >= 0.6 is 0 Å². The molecule has 2 aromatic carbocycles. The number of nitrogens with one attached hydrogen (secondary N) is 1. The molecule has 0 spiro atoms. The van der Waals surface area contributed by atoms with Crippen molar-refractivity contribution in [3.63, 3.8) is 0 Å². The molecule has 0 aliphatic rings. The minimum atomic E-state index is -1.25. The smallest absolute Gasteiger partial charge is 0.262 e. The van der Waals surface area contributed by atoms with Crippen molar-refractivity contribution in [2.24, 2.45) is 0 Å². The van der Waals surface area contributed by atoms with Gasteiger partial charge in [0.15, 0.2) is 6.61 Å². The van der Waals surface area contributed by atoms with Gasteiger partial charge in [0.2, 0.25) is 0 Å². The second kappa shape index (κ2) is 8.53. The van der Waals surface area contributed by atoms with E-state index >= 15 is 0 Å². The lowest BCUT2D eigenvalue weighted by molar-refractivity contribution is -0.297. The van der Waals surface area contributed by atoms with E-state index < -0.39 is 5.97 Å². The SMILES string of the molecule is CCc1ccc(NC(=O)COc2ccc(/C=C/C(=O)[O-])cc2)cc1. The van der Waals surface area contributed by atoms with Gasteiger partial charge in [-0.2, -0.15) is 0 Å². The van der Waals surface area contributed by atoms with Crippen LogP contribution in [0.2, 0.25) is 0 Å². The van der Waals surface area contributed by atoms with E-state index in [1.807, 2.05) is 24.3 Å². The maximum atomic E-state index is 11.9. The molecule has 2 rings (SSSR count). The lowest BCUT2D eigenvalue weighted by Gasteiger charge is -2.08. The normalized spacial score (nSPS) is 10.5.